The van der Waals surface area contributed by atoms with Crippen LogP contribution in [0.5, 0.6) is 5.75 Å². The number of allylic oxidation sites excluding steroid dienone is 5. The minimum Gasteiger partial charge on any atom is -0.494 e. The molecule has 0 saturated carbocycles. The van der Waals surface area contributed by atoms with Gasteiger partial charge >= 0.3 is 0 Å². The van der Waals surface area contributed by atoms with Gasteiger partial charge in [0.15, 0.2) is 0 Å². The first-order chi connectivity index (χ1) is 21.3. The van der Waals surface area contributed by atoms with Crippen molar-refractivity contribution < 1.29 is 30.7 Å². The van der Waals surface area contributed by atoms with E-state index in [0.29, 0.717) is 12.3 Å². The van der Waals surface area contributed by atoms with Gasteiger partial charge in [-0.15, -0.1) is 0 Å². The first-order valence-electron chi connectivity index (χ1n) is 14.3. The largest absolute Gasteiger partial charge is 0.494 e. The highest BCUT2D eigenvalue weighted by molar-refractivity contribution is 7.86. The van der Waals surface area contributed by atoms with Crippen LogP contribution < -0.4 is 15.4 Å². The maximum atomic E-state index is 11.1. The number of nitrogens with one attached hydrogen (secondary N) is 2. The number of aryl methyl sites for hydroxylation is 1. The fraction of sp³-hybridized carbons (Fsp3) is 0.242. The van der Waals surface area contributed by atoms with Crippen molar-refractivity contribution >= 4 is 48.6 Å². The van der Waals surface area contributed by atoms with E-state index in [1.165, 1.54) is 0 Å². The Balaban J connectivity index is 1.67. The van der Waals surface area contributed by atoms with Crippen LogP contribution in [0.3, 0.4) is 0 Å². The molecule has 4 N–H and O–H groups in total. The van der Waals surface area contributed by atoms with E-state index in [9.17, 15) is 16.8 Å². The summed E-state index contributed by atoms with van der Waals surface area (Å²) >= 11 is 0. The molecule has 3 aromatic rings. The zero-order valence-electron chi connectivity index (χ0n) is 25.3. The molecule has 238 valence electrons. The maximum absolute atomic E-state index is 11.1. The van der Waals surface area contributed by atoms with Crippen molar-refractivity contribution in [2.45, 2.75) is 20.8 Å². The number of hydrogen-bond donors (Lipinski definition) is 4. The van der Waals surface area contributed by atoms with E-state index < -0.39 is 31.7 Å². The van der Waals surface area contributed by atoms with Crippen molar-refractivity contribution in [3.63, 3.8) is 0 Å². The second-order valence-electron chi connectivity index (χ2n) is 10.4. The average molecular weight is 652 g/mol. The number of benzene rings is 3. The van der Waals surface area contributed by atoms with Gasteiger partial charge in [0.25, 0.3) is 20.2 Å². The van der Waals surface area contributed by atoms with Gasteiger partial charge < -0.3 is 15.4 Å². The zero-order chi connectivity index (χ0) is 32.6. The van der Waals surface area contributed by atoms with Crippen molar-refractivity contribution in [1.29, 1.82) is 0 Å². The number of nitrogens with zero attached hydrogens (tertiary/aromatic N) is 1. The Labute approximate surface area is 264 Å². The van der Waals surface area contributed by atoms with Crippen molar-refractivity contribution in [2.75, 3.05) is 41.8 Å². The molecular formula is C33H37N3O7S2. The number of anilines is 3. The van der Waals surface area contributed by atoms with Crippen LogP contribution in [0.2, 0.25) is 0 Å². The van der Waals surface area contributed by atoms with Crippen molar-refractivity contribution in [3.8, 4) is 5.75 Å². The Morgan fingerprint density at radius 2 is 1.44 bits per heavy atom. The molecule has 0 unspecified atom stereocenters. The monoisotopic (exact) mass is 651 g/mol. The van der Waals surface area contributed by atoms with Crippen molar-refractivity contribution in [2.24, 2.45) is 4.99 Å². The van der Waals surface area contributed by atoms with E-state index in [4.69, 9.17) is 13.8 Å². The second kappa shape index (κ2) is 14.7. The number of ether oxygens (including phenoxy) is 1. The standard InChI is InChI=1S/C33H37N3O7S2/c1-4-43-30-13-11-29(12-14-30)36-28-9-5-25(6-10-28)33(26-7-15-31(23(2)21-26)34-17-19-44(37,38)39)27-8-16-32(24(3)22-27)35-18-20-45(40,41)42/h5-16,21-22,34,36H,4,17-20H2,1-3H3,(H,37,38,39)(H,40,41,42)/b33-27-,35-32?. The van der Waals surface area contributed by atoms with E-state index in [0.717, 1.165) is 56.2 Å². The molecule has 0 saturated heterocycles. The molecule has 10 nitrogen and oxygen atoms in total. The Kier molecular flexibility index (Phi) is 11.0. The lowest BCUT2D eigenvalue weighted by molar-refractivity contribution is 0.340. The van der Waals surface area contributed by atoms with Gasteiger partial charge in [0.2, 0.25) is 0 Å². The summed E-state index contributed by atoms with van der Waals surface area (Å²) in [6.45, 7) is 6.38. The van der Waals surface area contributed by atoms with Crippen LogP contribution in [0.25, 0.3) is 5.57 Å². The third kappa shape index (κ3) is 10.1. The Hall–Kier alpha value is -4.23. The lowest BCUT2D eigenvalue weighted by Gasteiger charge is -2.18. The minimum absolute atomic E-state index is 0.0519. The highest BCUT2D eigenvalue weighted by Gasteiger charge is 2.16. The van der Waals surface area contributed by atoms with Gasteiger partial charge in [0.05, 0.1) is 30.4 Å². The molecule has 0 amide bonds. The molecule has 4 rings (SSSR count). The summed E-state index contributed by atoms with van der Waals surface area (Å²) < 4.78 is 68.2. The molecule has 0 heterocycles. The van der Waals surface area contributed by atoms with Crippen LogP contribution in [0, 0.1) is 6.92 Å². The summed E-state index contributed by atoms with van der Waals surface area (Å²) in [5.74, 6) is -0.0455. The SMILES string of the molecule is CCOc1ccc(Nc2ccc(/C(=C3\C=CC(=NCCS(=O)(=O)O)C(C)=C3)c3ccc(NCCS(=O)(=O)O)c(C)c3)cc2)cc1. The molecule has 0 fully saturated rings. The molecular weight excluding hydrogens is 615 g/mol. The number of hydrogen-bond acceptors (Lipinski definition) is 8. The highest BCUT2D eigenvalue weighted by Crippen LogP contribution is 2.34. The van der Waals surface area contributed by atoms with Crippen molar-refractivity contribution in [1.82, 2.24) is 0 Å². The average Bonchev–Trinajstić information content (AvgIpc) is 2.96. The first-order valence-corrected chi connectivity index (χ1v) is 17.5. The summed E-state index contributed by atoms with van der Waals surface area (Å²) in [7, 11) is -8.18. The third-order valence-corrected chi connectivity index (χ3v) is 8.35. The van der Waals surface area contributed by atoms with E-state index in [2.05, 4.69) is 15.6 Å². The number of rotatable bonds is 13. The highest BCUT2D eigenvalue weighted by atomic mass is 32.2. The summed E-state index contributed by atoms with van der Waals surface area (Å²) in [4.78, 5) is 4.34. The molecule has 0 radical (unpaired) electrons. The lowest BCUT2D eigenvalue weighted by atomic mass is 9.88. The molecule has 0 aliphatic heterocycles. The molecule has 0 atom stereocenters. The van der Waals surface area contributed by atoms with Gasteiger partial charge in [-0.2, -0.15) is 16.8 Å². The van der Waals surface area contributed by atoms with Crippen LogP contribution >= 0.6 is 0 Å². The predicted molar refractivity (Wildman–Crippen MR) is 181 cm³/mol. The lowest BCUT2D eigenvalue weighted by Crippen LogP contribution is -2.15. The zero-order valence-corrected chi connectivity index (χ0v) is 27.0. The second-order valence-corrected chi connectivity index (χ2v) is 13.6. The van der Waals surface area contributed by atoms with Gasteiger partial charge in [0.1, 0.15) is 5.75 Å². The normalized spacial score (nSPS) is 15.5. The molecule has 12 heteroatoms. The fourth-order valence-corrected chi connectivity index (χ4v) is 5.47. The summed E-state index contributed by atoms with van der Waals surface area (Å²) in [5.41, 5.74) is 8.68. The summed E-state index contributed by atoms with van der Waals surface area (Å²) in [6.07, 6.45) is 5.74. The first kappa shape index (κ1) is 33.7. The third-order valence-electron chi connectivity index (χ3n) is 6.93. The van der Waals surface area contributed by atoms with E-state index >= 15 is 0 Å². The van der Waals surface area contributed by atoms with E-state index in [-0.39, 0.29) is 13.1 Å². The van der Waals surface area contributed by atoms with E-state index in [1.54, 1.807) is 0 Å². The van der Waals surface area contributed by atoms with Gasteiger partial charge in [-0.1, -0.05) is 24.3 Å². The van der Waals surface area contributed by atoms with Crippen LogP contribution in [-0.2, 0) is 20.2 Å². The van der Waals surface area contributed by atoms with Gasteiger partial charge in [-0.25, -0.2) is 0 Å². The Morgan fingerprint density at radius 3 is 2.02 bits per heavy atom. The van der Waals surface area contributed by atoms with Crippen molar-refractivity contribution in [3.05, 3.63) is 113 Å². The summed E-state index contributed by atoms with van der Waals surface area (Å²) in [6, 6.07) is 21.6. The molecule has 1 aliphatic carbocycles. The molecule has 0 aromatic heterocycles. The van der Waals surface area contributed by atoms with Crippen LogP contribution in [0.1, 0.15) is 30.5 Å². The fourth-order valence-electron chi connectivity index (χ4n) is 4.79. The smallest absolute Gasteiger partial charge is 0.266 e. The van der Waals surface area contributed by atoms with Gasteiger partial charge in [-0.05, 0) is 115 Å². The van der Waals surface area contributed by atoms with E-state index in [1.807, 2.05) is 106 Å². The molecule has 3 aromatic carbocycles. The Bertz CT molecular complexity index is 1860. The Morgan fingerprint density at radius 1 is 0.822 bits per heavy atom. The maximum Gasteiger partial charge on any atom is 0.266 e. The van der Waals surface area contributed by atoms with Crippen LogP contribution in [0.4, 0.5) is 17.1 Å². The topological polar surface area (TPSA) is 154 Å². The van der Waals surface area contributed by atoms with Crippen LogP contribution in [0.15, 0.2) is 101 Å². The van der Waals surface area contributed by atoms with Gasteiger partial charge in [0, 0.05) is 23.6 Å². The minimum atomic E-state index is -4.11. The molecule has 0 spiro atoms. The number of aliphatic imine (C=N–C) groups is 1. The quantitative estimate of drug-likeness (QED) is 0.161. The molecule has 45 heavy (non-hydrogen) atoms. The summed E-state index contributed by atoms with van der Waals surface area (Å²) in [5, 5.41) is 6.47. The molecule has 0 bridgehead atoms. The van der Waals surface area contributed by atoms with Gasteiger partial charge in [-0.3, -0.25) is 14.1 Å². The van der Waals surface area contributed by atoms with Crippen LogP contribution in [-0.4, -0.2) is 62.9 Å². The molecule has 1 aliphatic rings. The predicted octanol–water partition coefficient (Wildman–Crippen LogP) is 6.08.